The monoisotopic (exact) mass is 349 g/mol. The molecule has 0 aliphatic rings. The number of aliphatic hydroxyl groups excluding tert-OH is 1. The van der Waals surface area contributed by atoms with Gasteiger partial charge < -0.3 is 10.2 Å². The number of aliphatic carboxylic acids is 1. The normalized spacial score (nSPS) is 14.1. The topological polar surface area (TPSA) is 104 Å². The molecule has 0 spiro atoms. The highest BCUT2D eigenvalue weighted by Gasteiger charge is 2.32. The van der Waals surface area contributed by atoms with E-state index in [9.17, 15) is 23.4 Å². The Morgan fingerprint density at radius 3 is 2.21 bits per heavy atom. The van der Waals surface area contributed by atoms with E-state index in [1.54, 1.807) is 31.2 Å². The molecule has 0 heterocycles. The van der Waals surface area contributed by atoms with Crippen LogP contribution in [0.2, 0.25) is 0 Å². The van der Waals surface area contributed by atoms with Crippen LogP contribution >= 0.6 is 0 Å². The molecule has 128 valence electrons. The van der Waals surface area contributed by atoms with Gasteiger partial charge in [-0.3, -0.25) is 4.79 Å². The molecule has 0 saturated heterocycles. The van der Waals surface area contributed by atoms with E-state index in [0.717, 1.165) is 11.1 Å². The first kappa shape index (κ1) is 18.1. The summed E-state index contributed by atoms with van der Waals surface area (Å²) in [5.74, 6) is -1.46. The van der Waals surface area contributed by atoms with Crippen molar-refractivity contribution in [2.24, 2.45) is 0 Å². The van der Waals surface area contributed by atoms with E-state index in [0.29, 0.717) is 5.56 Å². The third kappa shape index (κ3) is 4.00. The first-order chi connectivity index (χ1) is 11.2. The van der Waals surface area contributed by atoms with Crippen molar-refractivity contribution in [2.75, 3.05) is 0 Å². The molecule has 0 amide bonds. The second-order valence-corrected chi connectivity index (χ2v) is 7.25. The number of hydrogen-bond donors (Lipinski definition) is 3. The molecular weight excluding hydrogens is 330 g/mol. The number of carboxylic acid groups (broad SMARTS) is 1. The third-order valence-electron chi connectivity index (χ3n) is 3.79. The van der Waals surface area contributed by atoms with Gasteiger partial charge in [-0.25, -0.2) is 8.42 Å². The van der Waals surface area contributed by atoms with E-state index in [-0.39, 0.29) is 4.90 Å². The summed E-state index contributed by atoms with van der Waals surface area (Å²) in [7, 11) is -4.09. The molecule has 0 aromatic heterocycles. The molecule has 0 fully saturated rings. The summed E-state index contributed by atoms with van der Waals surface area (Å²) in [5.41, 5.74) is 2.01. The number of nitrogens with one attached hydrogen (secondary N) is 1. The molecule has 2 rings (SSSR count). The van der Waals surface area contributed by atoms with Crippen LogP contribution in [0.25, 0.3) is 0 Å². The number of aryl methyl sites for hydroxylation is 2. The molecule has 0 saturated carbocycles. The minimum absolute atomic E-state index is 0.0443. The van der Waals surface area contributed by atoms with E-state index in [2.05, 4.69) is 4.72 Å². The zero-order valence-electron chi connectivity index (χ0n) is 13.3. The lowest BCUT2D eigenvalue weighted by molar-refractivity contribution is -0.141. The van der Waals surface area contributed by atoms with Crippen molar-refractivity contribution >= 4 is 16.0 Å². The van der Waals surface area contributed by atoms with Gasteiger partial charge in [-0.2, -0.15) is 4.72 Å². The lowest BCUT2D eigenvalue weighted by atomic mass is 10.0. The van der Waals surface area contributed by atoms with E-state index in [1.165, 1.54) is 24.3 Å². The Labute approximate surface area is 140 Å². The van der Waals surface area contributed by atoms with Crippen molar-refractivity contribution in [3.8, 4) is 0 Å². The standard InChI is InChI=1S/C17H19NO5S/c1-11-8-9-14(10-12(11)2)24(22,23)18-15(17(20)21)16(19)13-6-4-3-5-7-13/h3-10,15-16,18-19H,1-2H3,(H,20,21). The second kappa shape index (κ2) is 7.12. The molecular formula is C17H19NO5S. The van der Waals surface area contributed by atoms with Crippen LogP contribution in [-0.4, -0.2) is 30.6 Å². The SMILES string of the molecule is Cc1ccc(S(=O)(=O)NC(C(=O)O)C(O)c2ccccc2)cc1C. The molecule has 0 aliphatic carbocycles. The van der Waals surface area contributed by atoms with Crippen LogP contribution < -0.4 is 4.72 Å². The first-order valence-corrected chi connectivity index (χ1v) is 8.76. The van der Waals surface area contributed by atoms with Crippen LogP contribution in [0.1, 0.15) is 22.8 Å². The molecule has 3 N–H and O–H groups in total. The number of benzene rings is 2. The van der Waals surface area contributed by atoms with Crippen LogP contribution in [0.15, 0.2) is 53.4 Å². The smallest absolute Gasteiger partial charge is 0.324 e. The van der Waals surface area contributed by atoms with Crippen molar-refractivity contribution < 1.29 is 23.4 Å². The molecule has 6 nitrogen and oxygen atoms in total. The van der Waals surface area contributed by atoms with Crippen LogP contribution in [0.3, 0.4) is 0 Å². The average Bonchev–Trinajstić information content (AvgIpc) is 2.55. The van der Waals surface area contributed by atoms with E-state index < -0.39 is 28.1 Å². The molecule has 0 bridgehead atoms. The Balaban J connectivity index is 2.33. The van der Waals surface area contributed by atoms with Gasteiger partial charge in [0.1, 0.15) is 12.1 Å². The van der Waals surface area contributed by atoms with Crippen LogP contribution in [0.5, 0.6) is 0 Å². The minimum atomic E-state index is -4.09. The van der Waals surface area contributed by atoms with Crippen molar-refractivity contribution in [1.29, 1.82) is 0 Å². The largest absolute Gasteiger partial charge is 0.480 e. The zero-order valence-corrected chi connectivity index (χ0v) is 14.1. The highest BCUT2D eigenvalue weighted by atomic mass is 32.2. The fourth-order valence-electron chi connectivity index (χ4n) is 2.21. The van der Waals surface area contributed by atoms with Gasteiger partial charge in [-0.05, 0) is 42.7 Å². The lowest BCUT2D eigenvalue weighted by Gasteiger charge is -2.21. The molecule has 0 radical (unpaired) electrons. The number of hydrogen-bond acceptors (Lipinski definition) is 4. The molecule has 2 atom stereocenters. The third-order valence-corrected chi connectivity index (χ3v) is 5.23. The predicted molar refractivity (Wildman–Crippen MR) is 89.1 cm³/mol. The van der Waals surface area contributed by atoms with Crippen LogP contribution in [-0.2, 0) is 14.8 Å². The maximum Gasteiger partial charge on any atom is 0.324 e. The number of sulfonamides is 1. The van der Waals surface area contributed by atoms with Crippen LogP contribution in [0.4, 0.5) is 0 Å². The average molecular weight is 349 g/mol. The minimum Gasteiger partial charge on any atom is -0.480 e. The van der Waals surface area contributed by atoms with Gasteiger partial charge in [0.25, 0.3) is 0 Å². The summed E-state index contributed by atoms with van der Waals surface area (Å²) in [6, 6.07) is 10.9. The van der Waals surface area contributed by atoms with Crippen LogP contribution in [0, 0.1) is 13.8 Å². The van der Waals surface area contributed by atoms with Gasteiger partial charge in [-0.15, -0.1) is 0 Å². The van der Waals surface area contributed by atoms with E-state index >= 15 is 0 Å². The van der Waals surface area contributed by atoms with Gasteiger partial charge in [0.05, 0.1) is 4.90 Å². The second-order valence-electron chi connectivity index (χ2n) is 5.54. The number of aliphatic hydroxyl groups is 1. The van der Waals surface area contributed by atoms with Gasteiger partial charge in [0, 0.05) is 0 Å². The Morgan fingerprint density at radius 1 is 1.04 bits per heavy atom. The predicted octanol–water partition coefficient (Wildman–Crippen LogP) is 1.77. The number of carbonyl (C=O) groups is 1. The Morgan fingerprint density at radius 2 is 1.67 bits per heavy atom. The maximum atomic E-state index is 12.5. The fourth-order valence-corrected chi connectivity index (χ4v) is 3.49. The molecule has 2 aromatic carbocycles. The maximum absolute atomic E-state index is 12.5. The van der Waals surface area contributed by atoms with E-state index in [4.69, 9.17) is 0 Å². The summed E-state index contributed by atoms with van der Waals surface area (Å²) in [6.07, 6.45) is -1.51. The van der Waals surface area contributed by atoms with Crippen molar-refractivity contribution in [3.05, 3.63) is 65.2 Å². The Kier molecular flexibility index (Phi) is 5.38. The van der Waals surface area contributed by atoms with Crippen molar-refractivity contribution in [2.45, 2.75) is 30.9 Å². The van der Waals surface area contributed by atoms with E-state index in [1.807, 2.05) is 6.92 Å². The quantitative estimate of drug-likeness (QED) is 0.737. The highest BCUT2D eigenvalue weighted by molar-refractivity contribution is 7.89. The van der Waals surface area contributed by atoms with Gasteiger partial charge in [0.15, 0.2) is 0 Å². The number of carboxylic acids is 1. The Hall–Kier alpha value is -2.22. The van der Waals surface area contributed by atoms with Crippen molar-refractivity contribution in [1.82, 2.24) is 4.72 Å². The molecule has 24 heavy (non-hydrogen) atoms. The summed E-state index contributed by atoms with van der Waals surface area (Å²) in [5, 5.41) is 19.6. The summed E-state index contributed by atoms with van der Waals surface area (Å²) < 4.78 is 27.0. The highest BCUT2D eigenvalue weighted by Crippen LogP contribution is 2.20. The van der Waals surface area contributed by atoms with Gasteiger partial charge >= 0.3 is 5.97 Å². The Bertz CT molecular complexity index is 833. The zero-order chi connectivity index (χ0) is 17.9. The summed E-state index contributed by atoms with van der Waals surface area (Å²) in [6.45, 7) is 3.61. The number of rotatable bonds is 6. The lowest BCUT2D eigenvalue weighted by Crippen LogP contribution is -2.44. The van der Waals surface area contributed by atoms with Gasteiger partial charge in [0.2, 0.25) is 10.0 Å². The van der Waals surface area contributed by atoms with Crippen molar-refractivity contribution in [3.63, 3.8) is 0 Å². The molecule has 7 heteroatoms. The van der Waals surface area contributed by atoms with Gasteiger partial charge in [-0.1, -0.05) is 36.4 Å². The molecule has 2 aromatic rings. The fraction of sp³-hybridized carbons (Fsp3) is 0.235. The summed E-state index contributed by atoms with van der Waals surface area (Å²) >= 11 is 0. The molecule has 2 unspecified atom stereocenters. The molecule has 0 aliphatic heterocycles. The summed E-state index contributed by atoms with van der Waals surface area (Å²) in [4.78, 5) is 11.4. The first-order valence-electron chi connectivity index (χ1n) is 7.28.